The largest absolute Gasteiger partial charge is 0.481 e. The van der Waals surface area contributed by atoms with Crippen molar-refractivity contribution < 1.29 is 18.3 Å². The van der Waals surface area contributed by atoms with Crippen molar-refractivity contribution in [2.45, 2.75) is 17.7 Å². The lowest BCUT2D eigenvalue weighted by Crippen LogP contribution is -2.13. The summed E-state index contributed by atoms with van der Waals surface area (Å²) in [5.41, 5.74) is 2.75. The minimum absolute atomic E-state index is 0.00115. The molecule has 0 aliphatic carbocycles. The van der Waals surface area contributed by atoms with Crippen LogP contribution in [0.4, 0.5) is 5.69 Å². The summed E-state index contributed by atoms with van der Waals surface area (Å²) in [5.74, 6) is 5.17. The van der Waals surface area contributed by atoms with Crippen molar-refractivity contribution in [2.75, 3.05) is 4.72 Å². The zero-order valence-electron chi connectivity index (χ0n) is 15.5. The second-order valence-electron chi connectivity index (χ2n) is 6.34. The number of sulfonamides is 1. The van der Waals surface area contributed by atoms with Gasteiger partial charge in [-0.05, 0) is 54.4 Å². The van der Waals surface area contributed by atoms with Crippen molar-refractivity contribution in [1.29, 1.82) is 0 Å². The number of aliphatic carboxylic acids is 1. The molecular formula is C23H19NO4S. The van der Waals surface area contributed by atoms with Gasteiger partial charge in [0.05, 0.1) is 10.6 Å². The second-order valence-corrected chi connectivity index (χ2v) is 8.02. The van der Waals surface area contributed by atoms with E-state index < -0.39 is 16.0 Å². The maximum Gasteiger partial charge on any atom is 0.303 e. The first-order valence-corrected chi connectivity index (χ1v) is 10.4. The molecule has 2 N–H and O–H groups in total. The Morgan fingerprint density at radius 2 is 1.52 bits per heavy atom. The predicted molar refractivity (Wildman–Crippen MR) is 112 cm³/mol. The van der Waals surface area contributed by atoms with Gasteiger partial charge in [0.1, 0.15) is 0 Å². The summed E-state index contributed by atoms with van der Waals surface area (Å²) in [5, 5.41) is 8.73. The summed E-state index contributed by atoms with van der Waals surface area (Å²) in [6, 6.07) is 22.6. The molecule has 0 bridgehead atoms. The Kier molecular flexibility index (Phi) is 6.32. The fourth-order valence-corrected chi connectivity index (χ4v) is 3.68. The topological polar surface area (TPSA) is 83.5 Å². The normalized spacial score (nSPS) is 10.6. The molecule has 146 valence electrons. The number of nitrogens with one attached hydrogen (secondary N) is 1. The first kappa shape index (κ1) is 20.2. The van der Waals surface area contributed by atoms with E-state index in [1.807, 2.05) is 36.4 Å². The van der Waals surface area contributed by atoms with Gasteiger partial charge in [0.2, 0.25) is 0 Å². The van der Waals surface area contributed by atoms with Gasteiger partial charge in [0, 0.05) is 17.5 Å². The van der Waals surface area contributed by atoms with Crippen molar-refractivity contribution in [1.82, 2.24) is 0 Å². The zero-order chi connectivity index (χ0) is 20.7. The Balaban J connectivity index is 1.73. The van der Waals surface area contributed by atoms with Crippen molar-refractivity contribution in [2.24, 2.45) is 0 Å². The van der Waals surface area contributed by atoms with E-state index in [0.29, 0.717) is 17.7 Å². The van der Waals surface area contributed by atoms with Crippen LogP contribution in [-0.2, 0) is 21.2 Å². The predicted octanol–water partition coefficient (Wildman–Crippen LogP) is 3.90. The van der Waals surface area contributed by atoms with Crippen LogP contribution >= 0.6 is 0 Å². The molecule has 0 spiro atoms. The highest BCUT2D eigenvalue weighted by atomic mass is 32.2. The second kappa shape index (κ2) is 9.09. The van der Waals surface area contributed by atoms with E-state index in [2.05, 4.69) is 16.6 Å². The van der Waals surface area contributed by atoms with Gasteiger partial charge in [-0.15, -0.1) is 0 Å². The van der Waals surface area contributed by atoms with E-state index in [-0.39, 0.29) is 11.3 Å². The van der Waals surface area contributed by atoms with E-state index in [1.54, 1.807) is 30.3 Å². The Hall–Kier alpha value is -3.56. The zero-order valence-corrected chi connectivity index (χ0v) is 16.3. The van der Waals surface area contributed by atoms with Gasteiger partial charge < -0.3 is 5.11 Å². The number of benzene rings is 3. The minimum atomic E-state index is -3.76. The average Bonchev–Trinajstić information content (AvgIpc) is 2.72. The van der Waals surface area contributed by atoms with Crippen LogP contribution in [-0.4, -0.2) is 19.5 Å². The first-order chi connectivity index (χ1) is 13.9. The van der Waals surface area contributed by atoms with E-state index >= 15 is 0 Å². The number of anilines is 1. The van der Waals surface area contributed by atoms with Gasteiger partial charge in [-0.1, -0.05) is 48.2 Å². The van der Waals surface area contributed by atoms with Gasteiger partial charge in [-0.3, -0.25) is 9.52 Å². The Bertz CT molecular complexity index is 1160. The molecule has 3 rings (SSSR count). The molecule has 5 nitrogen and oxygen atoms in total. The SMILES string of the molecule is O=C(O)CCc1ccc(S(=O)(=O)Nc2cccc(C#Cc3ccccc3)c2)cc1. The molecular weight excluding hydrogens is 386 g/mol. The van der Waals surface area contributed by atoms with E-state index in [9.17, 15) is 13.2 Å². The van der Waals surface area contributed by atoms with Crippen molar-refractivity contribution in [3.05, 3.63) is 95.6 Å². The number of carboxylic acid groups (broad SMARTS) is 1. The third-order valence-corrected chi connectivity index (χ3v) is 5.50. The quantitative estimate of drug-likeness (QED) is 0.609. The van der Waals surface area contributed by atoms with Crippen LogP contribution in [0.1, 0.15) is 23.1 Å². The molecule has 0 aliphatic heterocycles. The summed E-state index contributed by atoms with van der Waals surface area (Å²) in [6.07, 6.45) is 0.354. The van der Waals surface area contributed by atoms with Gasteiger partial charge >= 0.3 is 5.97 Å². The standard InChI is InChI=1S/C23H19NO4S/c25-23(26)16-13-19-11-14-22(15-12-19)29(27,28)24-21-8-4-7-20(17-21)10-9-18-5-2-1-3-6-18/h1-8,11-12,14-15,17,24H,13,16H2,(H,25,26). The molecule has 3 aromatic rings. The average molecular weight is 405 g/mol. The minimum Gasteiger partial charge on any atom is -0.481 e. The molecule has 0 atom stereocenters. The molecule has 0 saturated heterocycles. The molecule has 0 aromatic heterocycles. The lowest BCUT2D eigenvalue weighted by atomic mass is 10.1. The van der Waals surface area contributed by atoms with Crippen LogP contribution < -0.4 is 4.72 Å². The Morgan fingerprint density at radius 3 is 2.21 bits per heavy atom. The third kappa shape index (κ3) is 5.96. The molecule has 29 heavy (non-hydrogen) atoms. The summed E-state index contributed by atoms with van der Waals surface area (Å²) >= 11 is 0. The van der Waals surface area contributed by atoms with Gasteiger partial charge in [0.15, 0.2) is 0 Å². The van der Waals surface area contributed by atoms with Gasteiger partial charge in [-0.2, -0.15) is 0 Å². The number of carbonyl (C=O) groups is 1. The lowest BCUT2D eigenvalue weighted by molar-refractivity contribution is -0.136. The lowest BCUT2D eigenvalue weighted by Gasteiger charge is -2.09. The molecule has 0 heterocycles. The highest BCUT2D eigenvalue weighted by Crippen LogP contribution is 2.18. The molecule has 6 heteroatoms. The molecule has 0 amide bonds. The highest BCUT2D eigenvalue weighted by Gasteiger charge is 2.14. The maximum absolute atomic E-state index is 12.6. The number of hydrogen-bond donors (Lipinski definition) is 2. The first-order valence-electron chi connectivity index (χ1n) is 8.93. The molecule has 0 radical (unpaired) electrons. The van der Waals surface area contributed by atoms with Crippen molar-refractivity contribution in [3.8, 4) is 11.8 Å². The van der Waals surface area contributed by atoms with Crippen molar-refractivity contribution in [3.63, 3.8) is 0 Å². The smallest absolute Gasteiger partial charge is 0.303 e. The summed E-state index contributed by atoms with van der Waals surface area (Å²) in [7, 11) is -3.76. The van der Waals surface area contributed by atoms with Crippen LogP contribution in [0.5, 0.6) is 0 Å². The monoisotopic (exact) mass is 405 g/mol. The maximum atomic E-state index is 12.6. The number of carboxylic acids is 1. The Morgan fingerprint density at radius 1 is 0.862 bits per heavy atom. The molecule has 3 aromatic carbocycles. The van der Waals surface area contributed by atoms with Crippen molar-refractivity contribution >= 4 is 21.7 Å². The fourth-order valence-electron chi connectivity index (χ4n) is 2.63. The highest BCUT2D eigenvalue weighted by molar-refractivity contribution is 7.92. The summed E-state index contributed by atoms with van der Waals surface area (Å²) < 4.78 is 27.8. The van der Waals surface area contributed by atoms with Crippen LogP contribution in [0.2, 0.25) is 0 Å². The third-order valence-electron chi connectivity index (χ3n) is 4.10. The molecule has 0 fully saturated rings. The Labute approximate surface area is 170 Å². The number of rotatable bonds is 6. The van der Waals surface area contributed by atoms with Crippen LogP contribution in [0.25, 0.3) is 0 Å². The molecule has 0 aliphatic rings. The molecule has 0 unspecified atom stereocenters. The van der Waals surface area contributed by atoms with E-state index in [0.717, 1.165) is 11.1 Å². The summed E-state index contributed by atoms with van der Waals surface area (Å²) in [4.78, 5) is 10.7. The van der Waals surface area contributed by atoms with Crippen LogP contribution in [0, 0.1) is 11.8 Å². The van der Waals surface area contributed by atoms with Crippen LogP contribution in [0.15, 0.2) is 83.8 Å². The van der Waals surface area contributed by atoms with Gasteiger partial charge in [-0.25, -0.2) is 8.42 Å². The number of aryl methyl sites for hydroxylation is 1. The van der Waals surface area contributed by atoms with Crippen LogP contribution in [0.3, 0.4) is 0 Å². The number of hydrogen-bond acceptors (Lipinski definition) is 3. The van der Waals surface area contributed by atoms with E-state index in [1.165, 1.54) is 12.1 Å². The fraction of sp³-hybridized carbons (Fsp3) is 0.0870. The summed E-state index contributed by atoms with van der Waals surface area (Å²) in [6.45, 7) is 0. The van der Waals surface area contributed by atoms with Gasteiger partial charge in [0.25, 0.3) is 10.0 Å². The van der Waals surface area contributed by atoms with E-state index in [4.69, 9.17) is 5.11 Å². The molecule has 0 saturated carbocycles.